The van der Waals surface area contributed by atoms with Crippen molar-refractivity contribution in [3.05, 3.63) is 0 Å². The topological polar surface area (TPSA) is 119 Å². The summed E-state index contributed by atoms with van der Waals surface area (Å²) in [6.45, 7) is 4.39. The number of aliphatic hydroxyl groups excluding tert-OH is 1. The molecule has 0 heterocycles. The third-order valence-corrected chi connectivity index (χ3v) is 13.2. The number of hydrogen-bond acceptors (Lipinski definition) is 8. The first-order chi connectivity index (χ1) is 31.9. The molecule has 0 aromatic heterocycles. The van der Waals surface area contributed by atoms with E-state index in [9.17, 15) is 14.4 Å². The number of carbonyl (C=O) groups excluding carboxylic acids is 3. The lowest BCUT2D eigenvalue weighted by molar-refractivity contribution is -0.167. The van der Waals surface area contributed by atoms with E-state index in [1.54, 1.807) is 0 Å². The molecule has 0 spiro atoms. The first kappa shape index (κ1) is 63.3. The average molecular weight is 923 g/mol. The minimum Gasteiger partial charge on any atom is -0.462 e. The molecule has 0 bridgehead atoms. The van der Waals surface area contributed by atoms with Crippen molar-refractivity contribution in [3.8, 4) is 0 Å². The van der Waals surface area contributed by atoms with Crippen LogP contribution in [0.5, 0.6) is 0 Å². The molecule has 0 fully saturated rings. The zero-order valence-electron chi connectivity index (χ0n) is 43.4. The van der Waals surface area contributed by atoms with Gasteiger partial charge in [0.15, 0.2) is 12.4 Å². The summed E-state index contributed by atoms with van der Waals surface area (Å²) in [5.41, 5.74) is 0. The maximum absolute atomic E-state index is 12.8. The van der Waals surface area contributed by atoms with Crippen molar-refractivity contribution >= 4 is 17.9 Å². The van der Waals surface area contributed by atoms with E-state index in [0.29, 0.717) is 25.7 Å². The third-order valence-electron chi connectivity index (χ3n) is 13.2. The quantitative estimate of drug-likeness (QED) is 0.0268. The summed E-state index contributed by atoms with van der Waals surface area (Å²) >= 11 is 0. The van der Waals surface area contributed by atoms with Gasteiger partial charge in [-0.25, -0.2) is 0 Å². The molecular formula is C57H110O8. The minimum atomic E-state index is -1.16. The van der Waals surface area contributed by atoms with E-state index in [4.69, 9.17) is 24.4 Å². The Labute approximate surface area is 403 Å². The second kappa shape index (κ2) is 53.3. The molecule has 2 N–H and O–H groups in total. The highest BCUT2D eigenvalue weighted by molar-refractivity contribution is 5.71. The average Bonchev–Trinajstić information content (AvgIpc) is 3.29. The number of rotatable bonds is 54. The highest BCUT2D eigenvalue weighted by atomic mass is 16.6. The van der Waals surface area contributed by atoms with E-state index in [-0.39, 0.29) is 31.1 Å². The van der Waals surface area contributed by atoms with Crippen LogP contribution in [-0.2, 0) is 28.6 Å². The molecule has 65 heavy (non-hydrogen) atoms. The fourth-order valence-electron chi connectivity index (χ4n) is 8.88. The van der Waals surface area contributed by atoms with E-state index >= 15 is 0 Å². The molecule has 0 aliphatic carbocycles. The summed E-state index contributed by atoms with van der Waals surface area (Å²) in [7, 11) is 0. The predicted molar refractivity (Wildman–Crippen MR) is 273 cm³/mol. The van der Waals surface area contributed by atoms with Gasteiger partial charge in [-0.2, -0.15) is 0 Å². The van der Waals surface area contributed by atoms with Crippen molar-refractivity contribution in [1.29, 1.82) is 0 Å². The monoisotopic (exact) mass is 923 g/mol. The second-order valence-corrected chi connectivity index (χ2v) is 19.8. The molecule has 1 atom stereocenters. The van der Waals surface area contributed by atoms with Gasteiger partial charge in [0.05, 0.1) is 0 Å². The summed E-state index contributed by atoms with van der Waals surface area (Å²) in [5.74, 6) is -0.881. The molecular weight excluding hydrogens is 813 g/mol. The Balaban J connectivity index is 4.29. The number of esters is 3. The minimum absolute atomic E-state index is 0.0767. The highest BCUT2D eigenvalue weighted by Gasteiger charge is 2.19. The zero-order chi connectivity index (χ0) is 47.4. The van der Waals surface area contributed by atoms with Gasteiger partial charge in [-0.1, -0.05) is 271 Å². The standard InChI is InChI=1S/C57H110O8/c1-3-5-7-9-11-13-15-17-19-24-28-32-36-40-44-48-55(60)63-51-53(65-57(62)50-46-42-38-34-30-26-20-18-16-14-12-10-8-6-4-2)52-64-56(61)49-45-41-37-33-29-25-22-21-23-27-31-35-39-43-47-54(58)59/h53-54,58-59H,3-52H2,1-2H3. The van der Waals surface area contributed by atoms with Gasteiger partial charge in [0.2, 0.25) is 0 Å². The van der Waals surface area contributed by atoms with Crippen LogP contribution in [-0.4, -0.2) is 53.7 Å². The zero-order valence-corrected chi connectivity index (χ0v) is 43.4. The first-order valence-corrected chi connectivity index (χ1v) is 28.8. The van der Waals surface area contributed by atoms with Gasteiger partial charge >= 0.3 is 17.9 Å². The number of hydrogen-bond donors (Lipinski definition) is 2. The lowest BCUT2D eigenvalue weighted by Crippen LogP contribution is -2.30. The molecule has 1 unspecified atom stereocenters. The maximum atomic E-state index is 12.8. The summed E-state index contributed by atoms with van der Waals surface area (Å²) in [6, 6.07) is 0. The van der Waals surface area contributed by atoms with Crippen LogP contribution in [0.1, 0.15) is 322 Å². The van der Waals surface area contributed by atoms with Crippen LogP contribution in [0.4, 0.5) is 0 Å². The molecule has 0 aromatic rings. The molecule has 0 rings (SSSR count). The molecule has 8 nitrogen and oxygen atoms in total. The number of carbonyl (C=O) groups is 3. The molecule has 8 heteroatoms. The first-order valence-electron chi connectivity index (χ1n) is 28.8. The van der Waals surface area contributed by atoms with Crippen LogP contribution in [0.25, 0.3) is 0 Å². The Morgan fingerprint density at radius 1 is 0.308 bits per heavy atom. The van der Waals surface area contributed by atoms with Crippen LogP contribution < -0.4 is 0 Å². The van der Waals surface area contributed by atoms with Crippen molar-refractivity contribution in [2.24, 2.45) is 0 Å². The smallest absolute Gasteiger partial charge is 0.306 e. The van der Waals surface area contributed by atoms with Gasteiger partial charge in [0, 0.05) is 19.3 Å². The van der Waals surface area contributed by atoms with Crippen molar-refractivity contribution in [2.75, 3.05) is 13.2 Å². The van der Waals surface area contributed by atoms with E-state index in [1.165, 1.54) is 212 Å². The molecule has 0 aliphatic rings. The SMILES string of the molecule is CCCCCCCCCCCCCCCCCC(=O)OCC(COC(=O)CCCCCCCCCCCCCCCCC(O)O)OC(=O)CCCCCCCCCCCCCCCCC. The van der Waals surface area contributed by atoms with Crippen LogP contribution in [0.3, 0.4) is 0 Å². The van der Waals surface area contributed by atoms with Gasteiger partial charge < -0.3 is 24.4 Å². The van der Waals surface area contributed by atoms with E-state index in [1.807, 2.05) is 0 Å². The van der Waals surface area contributed by atoms with Crippen LogP contribution >= 0.6 is 0 Å². The summed E-state index contributed by atoms with van der Waals surface area (Å²) in [5, 5.41) is 17.8. The number of ether oxygens (including phenoxy) is 3. The largest absolute Gasteiger partial charge is 0.462 e. The van der Waals surface area contributed by atoms with Crippen molar-refractivity contribution in [2.45, 2.75) is 334 Å². The van der Waals surface area contributed by atoms with Gasteiger partial charge in [0.25, 0.3) is 0 Å². The van der Waals surface area contributed by atoms with Gasteiger partial charge in [-0.3, -0.25) is 14.4 Å². The molecule has 0 radical (unpaired) electrons. The van der Waals surface area contributed by atoms with Gasteiger partial charge in [0.1, 0.15) is 13.2 Å². The van der Waals surface area contributed by atoms with Crippen molar-refractivity contribution < 1.29 is 38.8 Å². The number of unbranched alkanes of at least 4 members (excludes halogenated alkanes) is 41. The normalized spacial score (nSPS) is 12.0. The Kier molecular flexibility index (Phi) is 51.9. The van der Waals surface area contributed by atoms with E-state index in [0.717, 1.165) is 70.6 Å². The predicted octanol–water partition coefficient (Wildman–Crippen LogP) is 17.1. The fraction of sp³-hybridized carbons (Fsp3) is 0.947. The molecule has 0 saturated heterocycles. The molecule has 0 aliphatic heterocycles. The highest BCUT2D eigenvalue weighted by Crippen LogP contribution is 2.18. The lowest BCUT2D eigenvalue weighted by Gasteiger charge is -2.18. The van der Waals surface area contributed by atoms with Crippen molar-refractivity contribution in [3.63, 3.8) is 0 Å². The number of aliphatic hydroxyl groups is 2. The van der Waals surface area contributed by atoms with E-state index in [2.05, 4.69) is 13.8 Å². The summed E-state index contributed by atoms with van der Waals surface area (Å²) in [4.78, 5) is 38.1. The maximum Gasteiger partial charge on any atom is 0.306 e. The lowest BCUT2D eigenvalue weighted by atomic mass is 10.0. The van der Waals surface area contributed by atoms with Crippen LogP contribution in [0.15, 0.2) is 0 Å². The van der Waals surface area contributed by atoms with E-state index < -0.39 is 12.4 Å². The summed E-state index contributed by atoms with van der Waals surface area (Å²) < 4.78 is 16.9. The second-order valence-electron chi connectivity index (χ2n) is 19.8. The molecule has 0 aromatic carbocycles. The van der Waals surface area contributed by atoms with Gasteiger partial charge in [-0.05, 0) is 32.1 Å². The Morgan fingerprint density at radius 3 is 0.769 bits per heavy atom. The van der Waals surface area contributed by atoms with Gasteiger partial charge in [-0.15, -0.1) is 0 Å². The molecule has 0 amide bonds. The Hall–Kier alpha value is -1.67. The summed E-state index contributed by atoms with van der Waals surface area (Å²) in [6.07, 6.45) is 53.9. The molecule has 0 saturated carbocycles. The Bertz CT molecular complexity index is 986. The van der Waals surface area contributed by atoms with Crippen LogP contribution in [0, 0.1) is 0 Å². The third kappa shape index (κ3) is 53.2. The molecule has 386 valence electrons. The Morgan fingerprint density at radius 2 is 0.523 bits per heavy atom. The van der Waals surface area contributed by atoms with Crippen LogP contribution in [0.2, 0.25) is 0 Å². The fourth-order valence-corrected chi connectivity index (χ4v) is 8.88. The van der Waals surface area contributed by atoms with Crippen molar-refractivity contribution in [1.82, 2.24) is 0 Å².